The van der Waals surface area contributed by atoms with E-state index in [0.717, 1.165) is 19.6 Å². The van der Waals surface area contributed by atoms with Crippen LogP contribution in [-0.2, 0) is 9.47 Å². The van der Waals surface area contributed by atoms with E-state index >= 15 is 0 Å². The summed E-state index contributed by atoms with van der Waals surface area (Å²) >= 11 is 0. The van der Waals surface area contributed by atoms with Gasteiger partial charge >= 0.3 is 0 Å². The van der Waals surface area contributed by atoms with Crippen LogP contribution in [0.15, 0.2) is 0 Å². The summed E-state index contributed by atoms with van der Waals surface area (Å²) in [6.07, 6.45) is 1.03. The number of hydrogen-bond acceptors (Lipinski definition) is 2. The Bertz CT molecular complexity index is 70.6. The molecule has 8 heavy (non-hydrogen) atoms. The summed E-state index contributed by atoms with van der Waals surface area (Å²) in [7, 11) is 0. The molecule has 0 aromatic carbocycles. The number of rotatable bonds is 0. The van der Waals surface area contributed by atoms with Gasteiger partial charge in [-0.05, 0) is 20.3 Å². The van der Waals surface area contributed by atoms with Crippen molar-refractivity contribution >= 4 is 0 Å². The van der Waals surface area contributed by atoms with Gasteiger partial charge in [-0.25, -0.2) is 0 Å². The molecule has 48 valence electrons. The molecule has 0 aromatic rings. The van der Waals surface area contributed by atoms with Crippen molar-refractivity contribution in [2.45, 2.75) is 26.1 Å². The van der Waals surface area contributed by atoms with Gasteiger partial charge in [-0.3, -0.25) is 0 Å². The summed E-state index contributed by atoms with van der Waals surface area (Å²) in [6.45, 7) is 5.55. The average molecular weight is 116 g/mol. The van der Waals surface area contributed by atoms with E-state index < -0.39 is 0 Å². The maximum atomic E-state index is 5.24. The molecule has 2 heteroatoms. The third-order valence-electron chi connectivity index (χ3n) is 1.19. The van der Waals surface area contributed by atoms with Crippen LogP contribution in [-0.4, -0.2) is 19.0 Å². The Morgan fingerprint density at radius 1 is 1.12 bits per heavy atom. The number of hydrogen-bond donors (Lipinski definition) is 0. The summed E-state index contributed by atoms with van der Waals surface area (Å²) < 4.78 is 10.5. The van der Waals surface area contributed by atoms with Crippen molar-refractivity contribution in [3.8, 4) is 0 Å². The minimum atomic E-state index is -0.321. The molecule has 1 saturated heterocycles. The minimum absolute atomic E-state index is 0.321. The first-order valence-corrected chi connectivity index (χ1v) is 2.99. The van der Waals surface area contributed by atoms with E-state index in [4.69, 9.17) is 9.47 Å². The fraction of sp³-hybridized carbons (Fsp3) is 1.00. The van der Waals surface area contributed by atoms with Crippen molar-refractivity contribution in [3.05, 3.63) is 0 Å². The monoisotopic (exact) mass is 116 g/mol. The van der Waals surface area contributed by atoms with Crippen molar-refractivity contribution in [2.75, 3.05) is 13.2 Å². The zero-order valence-electron chi connectivity index (χ0n) is 5.44. The van der Waals surface area contributed by atoms with E-state index in [0.29, 0.717) is 0 Å². The average Bonchev–Trinajstić information content (AvgIpc) is 1.65. The van der Waals surface area contributed by atoms with Crippen molar-refractivity contribution in [3.63, 3.8) is 0 Å². The quantitative estimate of drug-likeness (QED) is 0.473. The molecular weight excluding hydrogens is 104 g/mol. The van der Waals surface area contributed by atoms with Crippen molar-refractivity contribution in [2.24, 2.45) is 0 Å². The third-order valence-corrected chi connectivity index (χ3v) is 1.19. The van der Waals surface area contributed by atoms with Crippen LogP contribution < -0.4 is 0 Å². The second-order valence-corrected chi connectivity index (χ2v) is 2.45. The summed E-state index contributed by atoms with van der Waals surface area (Å²) in [5, 5.41) is 0. The first kappa shape index (κ1) is 6.05. The minimum Gasteiger partial charge on any atom is -0.350 e. The topological polar surface area (TPSA) is 18.5 Å². The van der Waals surface area contributed by atoms with Crippen molar-refractivity contribution in [1.29, 1.82) is 0 Å². The summed E-state index contributed by atoms with van der Waals surface area (Å²) in [6, 6.07) is 0. The van der Waals surface area contributed by atoms with Gasteiger partial charge in [0, 0.05) is 0 Å². The van der Waals surface area contributed by atoms with Gasteiger partial charge in [0.05, 0.1) is 13.2 Å². The van der Waals surface area contributed by atoms with Gasteiger partial charge in [-0.1, -0.05) is 0 Å². The van der Waals surface area contributed by atoms with Crippen LogP contribution in [0, 0.1) is 0 Å². The highest BCUT2D eigenvalue weighted by atomic mass is 16.7. The Morgan fingerprint density at radius 2 is 1.62 bits per heavy atom. The molecule has 0 aliphatic carbocycles. The molecule has 0 amide bonds. The third kappa shape index (κ3) is 1.46. The summed E-state index contributed by atoms with van der Waals surface area (Å²) in [4.78, 5) is 0. The van der Waals surface area contributed by atoms with Crippen LogP contribution in [0.4, 0.5) is 0 Å². The largest absolute Gasteiger partial charge is 0.350 e. The first-order chi connectivity index (χ1) is 3.71. The lowest BCUT2D eigenvalue weighted by molar-refractivity contribution is -0.244. The Labute approximate surface area is 49.8 Å². The zero-order valence-corrected chi connectivity index (χ0v) is 5.44. The second-order valence-electron chi connectivity index (χ2n) is 2.45. The predicted molar refractivity (Wildman–Crippen MR) is 30.6 cm³/mol. The molecule has 0 bridgehead atoms. The second kappa shape index (κ2) is 2.03. The maximum Gasteiger partial charge on any atom is 0.162 e. The molecule has 1 heterocycles. The Kier molecular flexibility index (Phi) is 1.54. The van der Waals surface area contributed by atoms with Gasteiger partial charge in [-0.2, -0.15) is 0 Å². The highest BCUT2D eigenvalue weighted by Crippen LogP contribution is 2.15. The molecule has 0 saturated carbocycles. The fourth-order valence-electron chi connectivity index (χ4n) is 0.737. The van der Waals surface area contributed by atoms with Gasteiger partial charge < -0.3 is 9.47 Å². The van der Waals surface area contributed by atoms with Gasteiger partial charge in [0.2, 0.25) is 0 Å². The smallest absolute Gasteiger partial charge is 0.162 e. The molecule has 0 unspecified atom stereocenters. The van der Waals surface area contributed by atoms with Gasteiger partial charge in [0.1, 0.15) is 0 Å². The van der Waals surface area contributed by atoms with E-state index in [-0.39, 0.29) is 5.79 Å². The predicted octanol–water partition coefficient (Wildman–Crippen LogP) is 1.16. The van der Waals surface area contributed by atoms with Crippen LogP contribution in [0.1, 0.15) is 20.3 Å². The van der Waals surface area contributed by atoms with Gasteiger partial charge in [0.25, 0.3) is 0 Å². The highest BCUT2D eigenvalue weighted by Gasteiger charge is 2.21. The molecule has 0 spiro atoms. The molecule has 1 fully saturated rings. The van der Waals surface area contributed by atoms with Crippen molar-refractivity contribution < 1.29 is 9.47 Å². The van der Waals surface area contributed by atoms with E-state index in [2.05, 4.69) is 0 Å². The molecule has 2 nitrogen and oxygen atoms in total. The van der Waals surface area contributed by atoms with Crippen LogP contribution in [0.25, 0.3) is 0 Å². The molecular formula is C6H12O2. The van der Waals surface area contributed by atoms with E-state index in [1.165, 1.54) is 0 Å². The van der Waals surface area contributed by atoms with Gasteiger partial charge in [-0.15, -0.1) is 0 Å². The fourth-order valence-corrected chi connectivity index (χ4v) is 0.737. The molecule has 0 atom stereocenters. The normalized spacial score (nSPS) is 27.8. The molecule has 1 rings (SSSR count). The zero-order chi connectivity index (χ0) is 6.04. The van der Waals surface area contributed by atoms with Crippen LogP contribution in [0.5, 0.6) is 0 Å². The SMILES string of the molecule is CC1(C)OCCCO1. The Balaban J connectivity index is 2.33. The molecule has 0 N–H and O–H groups in total. The molecule has 1 aliphatic rings. The summed E-state index contributed by atoms with van der Waals surface area (Å²) in [5.41, 5.74) is 0. The maximum absolute atomic E-state index is 5.24. The lowest BCUT2D eigenvalue weighted by atomic mass is 10.3. The van der Waals surface area contributed by atoms with E-state index in [9.17, 15) is 0 Å². The highest BCUT2D eigenvalue weighted by molar-refractivity contribution is 4.57. The van der Waals surface area contributed by atoms with E-state index in [1.54, 1.807) is 0 Å². The Hall–Kier alpha value is -0.0800. The van der Waals surface area contributed by atoms with E-state index in [1.807, 2.05) is 13.8 Å². The molecule has 0 aromatic heterocycles. The van der Waals surface area contributed by atoms with Crippen LogP contribution >= 0.6 is 0 Å². The molecule has 1 aliphatic heterocycles. The Morgan fingerprint density at radius 3 is 1.88 bits per heavy atom. The van der Waals surface area contributed by atoms with Crippen molar-refractivity contribution in [1.82, 2.24) is 0 Å². The van der Waals surface area contributed by atoms with Crippen LogP contribution in [0.2, 0.25) is 0 Å². The number of ether oxygens (including phenoxy) is 2. The van der Waals surface area contributed by atoms with Crippen LogP contribution in [0.3, 0.4) is 0 Å². The van der Waals surface area contributed by atoms with Gasteiger partial charge in [0.15, 0.2) is 5.79 Å². The lowest BCUT2D eigenvalue weighted by Crippen LogP contribution is -2.33. The standard InChI is InChI=1S/C6H12O2/c1-6(2)7-4-3-5-8-6/h3-5H2,1-2H3. The molecule has 0 radical (unpaired) electrons. The first-order valence-electron chi connectivity index (χ1n) is 2.99. The lowest BCUT2D eigenvalue weighted by Gasteiger charge is -2.29. The summed E-state index contributed by atoms with van der Waals surface area (Å²) in [5.74, 6) is -0.321.